The Balaban J connectivity index is 0. The number of hydrogen-bond acceptors (Lipinski definition) is 5. The van der Waals surface area contributed by atoms with E-state index in [1.54, 1.807) is 0 Å². The fourth-order valence-electron chi connectivity index (χ4n) is 0.934. The largest absolute Gasteiger partial charge is 0.496 e. The third kappa shape index (κ3) is 5.83. The molecule has 5 nitrogen and oxygen atoms in total. The van der Waals surface area contributed by atoms with Crippen LogP contribution in [0.15, 0.2) is 0 Å². The van der Waals surface area contributed by atoms with Crippen LogP contribution in [0.25, 0.3) is 0 Å². The standard InChI is InChI=1S/C5H16N2O3Si.H4Si/c6-3-1-5(2-4-7)11(8,9)10;/h5,8-10H,1-4,6-7H2;1H4. The summed E-state index contributed by atoms with van der Waals surface area (Å²) >= 11 is 0. The maximum atomic E-state index is 8.88. The van der Waals surface area contributed by atoms with E-state index in [1.165, 1.54) is 0 Å². The molecule has 7 heteroatoms. The van der Waals surface area contributed by atoms with Crippen molar-refractivity contribution in [2.45, 2.75) is 18.4 Å². The highest BCUT2D eigenvalue weighted by Crippen LogP contribution is 2.21. The van der Waals surface area contributed by atoms with Crippen molar-refractivity contribution in [3.05, 3.63) is 0 Å². The van der Waals surface area contributed by atoms with E-state index in [0.717, 1.165) is 0 Å². The molecule has 0 bridgehead atoms. The van der Waals surface area contributed by atoms with Crippen LogP contribution in [0.3, 0.4) is 0 Å². The fourth-order valence-corrected chi connectivity index (χ4v) is 2.04. The number of hydrogen-bond donors (Lipinski definition) is 5. The lowest BCUT2D eigenvalue weighted by atomic mass is 10.2. The quantitative estimate of drug-likeness (QED) is 0.304. The van der Waals surface area contributed by atoms with Crippen LogP contribution in [0.5, 0.6) is 0 Å². The smallest absolute Gasteiger partial charge is 0.390 e. The summed E-state index contributed by atoms with van der Waals surface area (Å²) in [4.78, 5) is 26.6. The van der Waals surface area contributed by atoms with E-state index in [4.69, 9.17) is 25.9 Å². The number of rotatable bonds is 5. The van der Waals surface area contributed by atoms with Gasteiger partial charge in [-0.3, -0.25) is 0 Å². The predicted molar refractivity (Wildman–Crippen MR) is 54.8 cm³/mol. The molecule has 0 saturated carbocycles. The summed E-state index contributed by atoms with van der Waals surface area (Å²) in [5, 5.41) is 0. The van der Waals surface area contributed by atoms with Crippen LogP contribution in [0.1, 0.15) is 12.8 Å². The molecular weight excluding hydrogens is 192 g/mol. The van der Waals surface area contributed by atoms with Gasteiger partial charge < -0.3 is 25.9 Å². The third-order valence-corrected chi connectivity index (χ3v) is 3.25. The van der Waals surface area contributed by atoms with Gasteiger partial charge in [0.05, 0.1) is 0 Å². The van der Waals surface area contributed by atoms with Crippen molar-refractivity contribution in [3.63, 3.8) is 0 Å². The molecule has 0 saturated heterocycles. The summed E-state index contributed by atoms with van der Waals surface area (Å²) in [5.74, 6) is 0. The monoisotopic (exact) mass is 212 g/mol. The molecule has 0 heterocycles. The third-order valence-electron chi connectivity index (χ3n) is 1.58. The van der Waals surface area contributed by atoms with Crippen LogP contribution >= 0.6 is 0 Å². The molecule has 12 heavy (non-hydrogen) atoms. The van der Waals surface area contributed by atoms with E-state index < -0.39 is 14.3 Å². The summed E-state index contributed by atoms with van der Waals surface area (Å²) in [5.41, 5.74) is 9.89. The maximum absolute atomic E-state index is 8.88. The predicted octanol–water partition coefficient (Wildman–Crippen LogP) is -3.48. The molecule has 0 atom stereocenters. The number of nitrogens with two attached hydrogens (primary N) is 2. The SMILES string of the molecule is NCCC(CCN)[Si](O)(O)O.[SiH4]. The Hall–Kier alpha value is 0.234. The molecule has 0 aromatic heterocycles. The summed E-state index contributed by atoms with van der Waals surface area (Å²) in [7, 11) is -3.99. The zero-order valence-electron chi connectivity index (χ0n) is 6.40. The minimum atomic E-state index is -3.99. The second-order valence-corrected chi connectivity index (χ2v) is 4.73. The van der Waals surface area contributed by atoms with Crippen LogP contribution in [0.4, 0.5) is 0 Å². The molecule has 76 valence electrons. The molecule has 7 N–H and O–H groups in total. The molecule has 0 amide bonds. The van der Waals surface area contributed by atoms with Gasteiger partial charge in [0.1, 0.15) is 0 Å². The first-order chi connectivity index (χ1) is 5.02. The van der Waals surface area contributed by atoms with E-state index in [9.17, 15) is 0 Å². The summed E-state index contributed by atoms with van der Waals surface area (Å²) in [6.45, 7) is 0.669. The highest BCUT2D eigenvalue weighted by atomic mass is 28.4. The van der Waals surface area contributed by atoms with Gasteiger partial charge in [-0.1, -0.05) is 0 Å². The van der Waals surface area contributed by atoms with Gasteiger partial charge in [0, 0.05) is 5.54 Å². The zero-order valence-corrected chi connectivity index (χ0v) is 7.40. The molecule has 0 unspecified atom stereocenters. The topological polar surface area (TPSA) is 113 Å². The second kappa shape index (κ2) is 6.72. The van der Waals surface area contributed by atoms with E-state index in [-0.39, 0.29) is 11.0 Å². The Morgan fingerprint density at radius 3 is 1.50 bits per heavy atom. The Morgan fingerprint density at radius 2 is 1.33 bits per heavy atom. The lowest BCUT2D eigenvalue weighted by Crippen LogP contribution is -2.42. The summed E-state index contributed by atoms with van der Waals surface area (Å²) in [6, 6.07) is 0. The van der Waals surface area contributed by atoms with Crippen LogP contribution < -0.4 is 11.5 Å². The molecule has 0 spiro atoms. The van der Waals surface area contributed by atoms with Crippen LogP contribution in [-0.2, 0) is 0 Å². The Bertz CT molecular complexity index is 103. The second-order valence-electron chi connectivity index (χ2n) is 2.54. The molecule has 0 aromatic rings. The molecule has 0 fully saturated rings. The Labute approximate surface area is 77.8 Å². The normalized spacial score (nSPS) is 11.5. The molecule has 0 rings (SSSR count). The summed E-state index contributed by atoms with van der Waals surface area (Å²) in [6.07, 6.45) is 0.819. The highest BCUT2D eigenvalue weighted by Gasteiger charge is 2.37. The molecule has 0 aliphatic carbocycles. The van der Waals surface area contributed by atoms with E-state index in [0.29, 0.717) is 25.9 Å². The summed E-state index contributed by atoms with van der Waals surface area (Å²) < 4.78 is 0. The molecule has 0 radical (unpaired) electrons. The van der Waals surface area contributed by atoms with Gasteiger partial charge in [-0.25, -0.2) is 0 Å². The molecule has 0 aliphatic heterocycles. The van der Waals surface area contributed by atoms with Crippen molar-refractivity contribution < 1.29 is 14.4 Å². The highest BCUT2D eigenvalue weighted by molar-refractivity contribution is 6.57. The van der Waals surface area contributed by atoms with Crippen LogP contribution in [-0.4, -0.2) is 47.2 Å². The van der Waals surface area contributed by atoms with Crippen LogP contribution in [0, 0.1) is 0 Å². The van der Waals surface area contributed by atoms with Crippen molar-refractivity contribution in [1.29, 1.82) is 0 Å². The average molecular weight is 212 g/mol. The lowest BCUT2D eigenvalue weighted by molar-refractivity contribution is 0.205. The molecule has 0 aliphatic rings. The molecular formula is C5H20N2O3Si2. The van der Waals surface area contributed by atoms with Gasteiger partial charge in [-0.05, 0) is 36.9 Å². The van der Waals surface area contributed by atoms with E-state index >= 15 is 0 Å². The minimum absolute atomic E-state index is 0. The first-order valence-corrected chi connectivity index (χ1v) is 5.51. The van der Waals surface area contributed by atoms with Gasteiger partial charge in [0.15, 0.2) is 0 Å². The van der Waals surface area contributed by atoms with Crippen molar-refractivity contribution in [2.75, 3.05) is 13.1 Å². The van der Waals surface area contributed by atoms with Crippen molar-refractivity contribution in [3.8, 4) is 0 Å². The van der Waals surface area contributed by atoms with E-state index in [2.05, 4.69) is 0 Å². The Kier molecular flexibility index (Phi) is 8.25. The van der Waals surface area contributed by atoms with Gasteiger partial charge >= 0.3 is 8.80 Å². The lowest BCUT2D eigenvalue weighted by Gasteiger charge is -2.20. The van der Waals surface area contributed by atoms with E-state index in [1.807, 2.05) is 0 Å². The molecule has 0 aromatic carbocycles. The first kappa shape index (κ1) is 14.7. The minimum Gasteiger partial charge on any atom is -0.390 e. The van der Waals surface area contributed by atoms with Gasteiger partial charge in [-0.2, -0.15) is 0 Å². The van der Waals surface area contributed by atoms with Gasteiger partial charge in [-0.15, -0.1) is 0 Å². The maximum Gasteiger partial charge on any atom is 0.496 e. The fraction of sp³-hybridized carbons (Fsp3) is 1.00. The first-order valence-electron chi connectivity index (χ1n) is 3.59. The van der Waals surface area contributed by atoms with Crippen molar-refractivity contribution >= 4 is 19.8 Å². The van der Waals surface area contributed by atoms with Gasteiger partial charge in [0.25, 0.3) is 0 Å². The van der Waals surface area contributed by atoms with Crippen LogP contribution in [0.2, 0.25) is 5.54 Å². The van der Waals surface area contributed by atoms with Gasteiger partial charge in [0.2, 0.25) is 0 Å². The van der Waals surface area contributed by atoms with Crippen molar-refractivity contribution in [2.24, 2.45) is 11.5 Å². The van der Waals surface area contributed by atoms with Crippen molar-refractivity contribution in [1.82, 2.24) is 0 Å². The average Bonchev–Trinajstić information content (AvgIpc) is 1.85. The Morgan fingerprint density at radius 1 is 1.00 bits per heavy atom. The zero-order chi connectivity index (χ0) is 8.91.